The van der Waals surface area contributed by atoms with Gasteiger partial charge in [0.15, 0.2) is 0 Å². The fraction of sp³-hybridized carbons (Fsp3) is 0.389. The molecule has 116 valence electrons. The van der Waals surface area contributed by atoms with Crippen LogP contribution >= 0.6 is 11.3 Å². The van der Waals surface area contributed by atoms with Gasteiger partial charge >= 0.3 is 0 Å². The van der Waals surface area contributed by atoms with Crippen LogP contribution in [0.3, 0.4) is 0 Å². The molecule has 0 bridgehead atoms. The molecule has 4 heteroatoms. The number of fused-ring (bicyclic) bond motifs is 1. The molecule has 1 N–H and O–H groups in total. The zero-order valence-electron chi connectivity index (χ0n) is 12.9. The van der Waals surface area contributed by atoms with Gasteiger partial charge in [0, 0.05) is 11.4 Å². The molecule has 1 unspecified atom stereocenters. The third kappa shape index (κ3) is 3.08. The Labute approximate surface area is 136 Å². The topological polar surface area (TPSA) is 32.3 Å². The minimum Gasteiger partial charge on any atom is -0.330 e. The van der Waals surface area contributed by atoms with E-state index >= 15 is 0 Å². The molecule has 22 heavy (non-hydrogen) atoms. The molecule has 1 amide bonds. The van der Waals surface area contributed by atoms with Crippen molar-refractivity contribution in [1.29, 1.82) is 0 Å². The van der Waals surface area contributed by atoms with Gasteiger partial charge in [0.25, 0.3) is 0 Å². The predicted octanol–water partition coefficient (Wildman–Crippen LogP) is 3.22. The molecule has 1 aliphatic heterocycles. The van der Waals surface area contributed by atoms with E-state index in [-0.39, 0.29) is 11.9 Å². The summed E-state index contributed by atoms with van der Waals surface area (Å²) in [5, 5.41) is 5.38. The summed E-state index contributed by atoms with van der Waals surface area (Å²) in [5.74, 6) is 0.194. The molecule has 3 rings (SSSR count). The standard InChI is InChI=1S/C18H22N2OS/c1-2-10-19-13-17(21)20-11-8-16-15(9-12-22-16)18(20)14-6-4-3-5-7-14/h3-7,9,12,18-19H,2,8,10-11,13H2,1H3. The van der Waals surface area contributed by atoms with Gasteiger partial charge in [0.2, 0.25) is 5.91 Å². The molecular weight excluding hydrogens is 292 g/mol. The van der Waals surface area contributed by atoms with E-state index in [1.807, 2.05) is 23.1 Å². The van der Waals surface area contributed by atoms with E-state index in [1.165, 1.54) is 16.0 Å². The highest BCUT2D eigenvalue weighted by molar-refractivity contribution is 7.10. The van der Waals surface area contributed by atoms with E-state index in [9.17, 15) is 4.79 Å². The first-order valence-electron chi connectivity index (χ1n) is 7.92. The lowest BCUT2D eigenvalue weighted by Gasteiger charge is -2.36. The van der Waals surface area contributed by atoms with Gasteiger partial charge in [-0.3, -0.25) is 4.79 Å². The van der Waals surface area contributed by atoms with Crippen molar-refractivity contribution in [3.8, 4) is 0 Å². The van der Waals surface area contributed by atoms with Crippen molar-refractivity contribution >= 4 is 17.2 Å². The van der Waals surface area contributed by atoms with Crippen LogP contribution in [0.4, 0.5) is 0 Å². The molecular formula is C18H22N2OS. The Bertz CT molecular complexity index is 623. The minimum atomic E-state index is 0.0622. The zero-order valence-corrected chi connectivity index (χ0v) is 13.7. The van der Waals surface area contributed by atoms with Gasteiger partial charge in [-0.1, -0.05) is 37.3 Å². The molecule has 3 nitrogen and oxygen atoms in total. The number of benzene rings is 1. The number of nitrogens with zero attached hydrogens (tertiary/aromatic N) is 1. The van der Waals surface area contributed by atoms with Crippen LogP contribution in [0.25, 0.3) is 0 Å². The predicted molar refractivity (Wildman–Crippen MR) is 91.2 cm³/mol. The van der Waals surface area contributed by atoms with Crippen LogP contribution in [-0.2, 0) is 11.2 Å². The summed E-state index contributed by atoms with van der Waals surface area (Å²) in [7, 11) is 0. The molecule has 0 saturated heterocycles. The molecule has 1 atom stereocenters. The van der Waals surface area contributed by atoms with Crippen LogP contribution in [0, 0.1) is 0 Å². The smallest absolute Gasteiger partial charge is 0.237 e. The lowest BCUT2D eigenvalue weighted by Crippen LogP contribution is -2.44. The Morgan fingerprint density at radius 1 is 1.32 bits per heavy atom. The summed E-state index contributed by atoms with van der Waals surface area (Å²) in [4.78, 5) is 16.1. The Kier molecular flexibility index (Phi) is 4.90. The van der Waals surface area contributed by atoms with Gasteiger partial charge in [0.05, 0.1) is 12.6 Å². The summed E-state index contributed by atoms with van der Waals surface area (Å²) >= 11 is 1.81. The fourth-order valence-electron chi connectivity index (χ4n) is 3.05. The summed E-state index contributed by atoms with van der Waals surface area (Å²) in [6.45, 7) is 4.23. The van der Waals surface area contributed by atoms with Gasteiger partial charge in [-0.05, 0) is 42.0 Å². The van der Waals surface area contributed by atoms with Crippen LogP contribution in [0.2, 0.25) is 0 Å². The summed E-state index contributed by atoms with van der Waals surface area (Å²) in [5.41, 5.74) is 2.50. The number of hydrogen-bond donors (Lipinski definition) is 1. The molecule has 1 aromatic heterocycles. The largest absolute Gasteiger partial charge is 0.330 e. The number of amides is 1. The summed E-state index contributed by atoms with van der Waals surface area (Å²) in [6.07, 6.45) is 2.01. The molecule has 0 spiro atoms. The maximum Gasteiger partial charge on any atom is 0.237 e. The highest BCUT2D eigenvalue weighted by Gasteiger charge is 2.32. The van der Waals surface area contributed by atoms with Crippen molar-refractivity contribution in [2.75, 3.05) is 19.6 Å². The second-order valence-electron chi connectivity index (χ2n) is 5.63. The van der Waals surface area contributed by atoms with E-state index in [0.29, 0.717) is 6.54 Å². The number of hydrogen-bond acceptors (Lipinski definition) is 3. The van der Waals surface area contributed by atoms with E-state index in [0.717, 1.165) is 25.9 Å². The maximum absolute atomic E-state index is 12.7. The number of rotatable bonds is 5. The third-order valence-corrected chi connectivity index (χ3v) is 5.10. The summed E-state index contributed by atoms with van der Waals surface area (Å²) in [6, 6.07) is 12.6. The van der Waals surface area contributed by atoms with Crippen LogP contribution in [-0.4, -0.2) is 30.4 Å². The van der Waals surface area contributed by atoms with Crippen LogP contribution in [0.1, 0.15) is 35.4 Å². The minimum absolute atomic E-state index is 0.0622. The highest BCUT2D eigenvalue weighted by Crippen LogP contribution is 2.37. The van der Waals surface area contributed by atoms with Crippen molar-refractivity contribution in [2.45, 2.75) is 25.8 Å². The molecule has 2 heterocycles. The van der Waals surface area contributed by atoms with Crippen molar-refractivity contribution in [2.24, 2.45) is 0 Å². The average molecular weight is 314 g/mol. The molecule has 2 aromatic rings. The van der Waals surface area contributed by atoms with Gasteiger partial charge in [0.1, 0.15) is 0 Å². The van der Waals surface area contributed by atoms with Crippen molar-refractivity contribution in [3.05, 3.63) is 57.8 Å². The Hall–Kier alpha value is -1.65. The second-order valence-corrected chi connectivity index (χ2v) is 6.63. The number of carbonyl (C=O) groups excluding carboxylic acids is 1. The Balaban J connectivity index is 1.87. The summed E-state index contributed by atoms with van der Waals surface area (Å²) < 4.78 is 0. The van der Waals surface area contributed by atoms with Gasteiger partial charge in [-0.25, -0.2) is 0 Å². The molecule has 0 saturated carbocycles. The van der Waals surface area contributed by atoms with Crippen LogP contribution in [0.5, 0.6) is 0 Å². The first-order chi connectivity index (χ1) is 10.8. The third-order valence-electron chi connectivity index (χ3n) is 4.10. The molecule has 1 aromatic carbocycles. The molecule has 0 aliphatic carbocycles. The van der Waals surface area contributed by atoms with Gasteiger partial charge in [-0.2, -0.15) is 0 Å². The monoisotopic (exact) mass is 314 g/mol. The Morgan fingerprint density at radius 3 is 2.91 bits per heavy atom. The van der Waals surface area contributed by atoms with E-state index in [4.69, 9.17) is 0 Å². The maximum atomic E-state index is 12.7. The quantitative estimate of drug-likeness (QED) is 0.860. The average Bonchev–Trinajstić information content (AvgIpc) is 3.03. The lowest BCUT2D eigenvalue weighted by atomic mass is 9.93. The SMILES string of the molecule is CCCNCC(=O)N1CCc2sccc2C1c1ccccc1. The van der Waals surface area contributed by atoms with Crippen molar-refractivity contribution in [3.63, 3.8) is 0 Å². The second kappa shape index (κ2) is 7.07. The van der Waals surface area contributed by atoms with Crippen LogP contribution in [0.15, 0.2) is 41.8 Å². The highest BCUT2D eigenvalue weighted by atomic mass is 32.1. The molecule has 0 radical (unpaired) electrons. The first-order valence-corrected chi connectivity index (χ1v) is 8.80. The Morgan fingerprint density at radius 2 is 2.14 bits per heavy atom. The van der Waals surface area contributed by atoms with E-state index in [2.05, 4.69) is 35.8 Å². The first kappa shape index (κ1) is 15.3. The van der Waals surface area contributed by atoms with E-state index in [1.54, 1.807) is 11.3 Å². The zero-order chi connectivity index (χ0) is 15.4. The molecule has 1 aliphatic rings. The van der Waals surface area contributed by atoms with Crippen LogP contribution < -0.4 is 5.32 Å². The number of carbonyl (C=O) groups is 1. The normalized spacial score (nSPS) is 17.3. The number of thiophene rings is 1. The van der Waals surface area contributed by atoms with E-state index < -0.39 is 0 Å². The lowest BCUT2D eigenvalue weighted by molar-refractivity contribution is -0.132. The van der Waals surface area contributed by atoms with Gasteiger partial charge in [-0.15, -0.1) is 11.3 Å². The number of nitrogens with one attached hydrogen (secondary N) is 1. The van der Waals surface area contributed by atoms with Crippen molar-refractivity contribution < 1.29 is 4.79 Å². The van der Waals surface area contributed by atoms with Gasteiger partial charge < -0.3 is 10.2 Å². The molecule has 0 fully saturated rings. The fourth-order valence-corrected chi connectivity index (χ4v) is 3.96. The van der Waals surface area contributed by atoms with Crippen molar-refractivity contribution in [1.82, 2.24) is 10.2 Å².